The number of carbonyl (C=O) groups excluding carboxylic acids is 2. The van der Waals surface area contributed by atoms with Gasteiger partial charge in [0.15, 0.2) is 6.61 Å². The van der Waals surface area contributed by atoms with Gasteiger partial charge in [-0.1, -0.05) is 30.3 Å². The van der Waals surface area contributed by atoms with E-state index in [1.165, 1.54) is 30.3 Å². The molecule has 0 aliphatic carbocycles. The lowest BCUT2D eigenvalue weighted by molar-refractivity contribution is -0.140. The first-order chi connectivity index (χ1) is 14.0. The fourth-order valence-corrected chi connectivity index (χ4v) is 2.94. The minimum absolute atomic E-state index is 0.0126. The van der Waals surface area contributed by atoms with Gasteiger partial charge in [-0.2, -0.15) is 13.2 Å². The van der Waals surface area contributed by atoms with Gasteiger partial charge in [0, 0.05) is 5.69 Å². The van der Waals surface area contributed by atoms with Crippen LogP contribution in [0.3, 0.4) is 0 Å². The molecule has 0 aliphatic rings. The number of benzene rings is 2. The molecule has 2 rings (SSSR count). The number of alkyl halides is 3. The van der Waals surface area contributed by atoms with Crippen LogP contribution < -0.4 is 10.0 Å². The summed E-state index contributed by atoms with van der Waals surface area (Å²) in [5.41, 5.74) is 0.855. The number of rotatable bonds is 8. The Balaban J connectivity index is 1.88. The third-order valence-corrected chi connectivity index (χ3v) is 4.45. The highest BCUT2D eigenvalue weighted by Crippen LogP contribution is 2.14. The van der Waals surface area contributed by atoms with Crippen LogP contribution in [0, 0.1) is 0 Å². The van der Waals surface area contributed by atoms with Crippen molar-refractivity contribution in [1.82, 2.24) is 5.32 Å². The summed E-state index contributed by atoms with van der Waals surface area (Å²) in [6.07, 6.45) is -3.16. The molecule has 0 aliphatic heterocycles. The number of carbonyl (C=O) groups is 2. The van der Waals surface area contributed by atoms with Crippen LogP contribution in [-0.2, 0) is 19.6 Å². The Morgan fingerprint density at radius 1 is 1.00 bits per heavy atom. The van der Waals surface area contributed by atoms with Crippen molar-refractivity contribution >= 4 is 33.7 Å². The van der Waals surface area contributed by atoms with Crippen LogP contribution in [0.15, 0.2) is 60.0 Å². The number of esters is 1. The van der Waals surface area contributed by atoms with Crippen molar-refractivity contribution in [1.29, 1.82) is 0 Å². The molecule has 2 aromatic carbocycles. The van der Waals surface area contributed by atoms with E-state index < -0.39 is 41.2 Å². The fraction of sp³-hybridized carbons (Fsp3) is 0.158. The first kappa shape index (κ1) is 22.9. The Hall–Kier alpha value is -3.34. The summed E-state index contributed by atoms with van der Waals surface area (Å²) < 4.78 is 67.1. The van der Waals surface area contributed by atoms with Gasteiger partial charge in [0.05, 0.1) is 11.0 Å². The first-order valence-corrected chi connectivity index (χ1v) is 9.95. The summed E-state index contributed by atoms with van der Waals surface area (Å²) >= 11 is 0. The molecule has 0 heterocycles. The molecule has 1 amide bonds. The van der Waals surface area contributed by atoms with Gasteiger partial charge in [0.1, 0.15) is 6.54 Å². The summed E-state index contributed by atoms with van der Waals surface area (Å²) in [5, 5.41) is 2.55. The molecular formula is C19H17F3N2O5S. The lowest BCUT2D eigenvalue weighted by Gasteiger charge is -2.09. The molecule has 0 spiro atoms. The average molecular weight is 442 g/mol. The SMILES string of the molecule is O=C(COC(=O)c1ccc(NS(=O)(=O)C=Cc2ccccc2)cc1)NCC(F)(F)F. The highest BCUT2D eigenvalue weighted by Gasteiger charge is 2.27. The van der Waals surface area contributed by atoms with Gasteiger partial charge in [0.2, 0.25) is 0 Å². The van der Waals surface area contributed by atoms with Gasteiger partial charge >= 0.3 is 12.1 Å². The third kappa shape index (κ3) is 8.35. The van der Waals surface area contributed by atoms with Gasteiger partial charge in [0.25, 0.3) is 15.9 Å². The van der Waals surface area contributed by atoms with E-state index >= 15 is 0 Å². The number of nitrogens with one attached hydrogen (secondary N) is 2. The molecule has 30 heavy (non-hydrogen) atoms. The van der Waals surface area contributed by atoms with Crippen LogP contribution in [0.25, 0.3) is 6.08 Å². The Morgan fingerprint density at radius 3 is 2.23 bits per heavy atom. The van der Waals surface area contributed by atoms with Crippen molar-refractivity contribution in [2.24, 2.45) is 0 Å². The third-order valence-electron chi connectivity index (χ3n) is 3.44. The van der Waals surface area contributed by atoms with E-state index in [1.54, 1.807) is 35.6 Å². The van der Waals surface area contributed by atoms with E-state index in [4.69, 9.17) is 0 Å². The number of hydrogen-bond acceptors (Lipinski definition) is 5. The molecular weight excluding hydrogens is 425 g/mol. The standard InChI is InChI=1S/C19H17F3N2O5S/c20-19(21,22)13-23-17(25)12-29-18(26)15-6-8-16(9-7-15)24-30(27,28)11-10-14-4-2-1-3-5-14/h1-11,24H,12-13H2,(H,23,25). The number of anilines is 1. The van der Waals surface area contributed by atoms with Crippen molar-refractivity contribution in [2.45, 2.75) is 6.18 Å². The Kier molecular flexibility index (Phi) is 7.59. The number of ether oxygens (including phenoxy) is 1. The highest BCUT2D eigenvalue weighted by molar-refractivity contribution is 7.95. The van der Waals surface area contributed by atoms with Gasteiger partial charge in [-0.3, -0.25) is 9.52 Å². The van der Waals surface area contributed by atoms with Crippen molar-refractivity contribution < 1.29 is 35.9 Å². The number of halogens is 3. The summed E-state index contributed by atoms with van der Waals surface area (Å²) in [7, 11) is -3.80. The molecule has 0 aromatic heterocycles. The van der Waals surface area contributed by atoms with E-state index in [-0.39, 0.29) is 11.3 Å². The predicted octanol–water partition coefficient (Wildman–Crippen LogP) is 2.93. The molecule has 0 saturated carbocycles. The Bertz CT molecular complexity index is 1000. The Labute approximate surface area is 170 Å². The second-order valence-corrected chi connectivity index (χ2v) is 7.47. The largest absolute Gasteiger partial charge is 0.452 e. The van der Waals surface area contributed by atoms with Crippen LogP contribution in [-0.4, -0.2) is 39.6 Å². The zero-order valence-corrected chi connectivity index (χ0v) is 16.2. The van der Waals surface area contributed by atoms with E-state index in [9.17, 15) is 31.2 Å². The number of sulfonamides is 1. The molecule has 0 fully saturated rings. The lowest BCUT2D eigenvalue weighted by atomic mass is 10.2. The molecule has 0 atom stereocenters. The lowest BCUT2D eigenvalue weighted by Crippen LogP contribution is -2.36. The Morgan fingerprint density at radius 2 is 1.63 bits per heavy atom. The average Bonchev–Trinajstić information content (AvgIpc) is 2.69. The maximum absolute atomic E-state index is 12.1. The van der Waals surface area contributed by atoms with E-state index in [2.05, 4.69) is 9.46 Å². The molecule has 0 radical (unpaired) electrons. The molecule has 11 heteroatoms. The van der Waals surface area contributed by atoms with Gasteiger partial charge in [-0.25, -0.2) is 13.2 Å². The maximum Gasteiger partial charge on any atom is 0.405 e. The summed E-state index contributed by atoms with van der Waals surface area (Å²) in [6.45, 7) is -2.41. The maximum atomic E-state index is 12.1. The topological polar surface area (TPSA) is 102 Å². The van der Waals surface area contributed by atoms with Crippen molar-refractivity contribution in [3.05, 3.63) is 71.1 Å². The molecule has 160 valence electrons. The quantitative estimate of drug-likeness (QED) is 0.612. The molecule has 2 aromatic rings. The van der Waals surface area contributed by atoms with Crippen molar-refractivity contribution in [3.63, 3.8) is 0 Å². The minimum Gasteiger partial charge on any atom is -0.452 e. The highest BCUT2D eigenvalue weighted by atomic mass is 32.2. The second kappa shape index (κ2) is 9.92. The van der Waals surface area contributed by atoms with Crippen LogP contribution in [0.1, 0.15) is 15.9 Å². The molecule has 0 saturated heterocycles. The summed E-state index contributed by atoms with van der Waals surface area (Å²) in [5.74, 6) is -2.05. The molecule has 0 bridgehead atoms. The molecule has 7 nitrogen and oxygen atoms in total. The van der Waals surface area contributed by atoms with E-state index in [0.717, 1.165) is 5.41 Å². The number of amides is 1. The monoisotopic (exact) mass is 442 g/mol. The molecule has 0 unspecified atom stereocenters. The van der Waals surface area contributed by atoms with Crippen LogP contribution in [0.5, 0.6) is 0 Å². The van der Waals surface area contributed by atoms with E-state index in [1.807, 2.05) is 0 Å². The second-order valence-electron chi connectivity index (χ2n) is 5.91. The zero-order valence-electron chi connectivity index (χ0n) is 15.3. The van der Waals surface area contributed by atoms with Gasteiger partial charge < -0.3 is 10.1 Å². The normalized spacial score (nSPS) is 11.8. The van der Waals surface area contributed by atoms with Crippen LogP contribution in [0.2, 0.25) is 0 Å². The van der Waals surface area contributed by atoms with Gasteiger partial charge in [-0.05, 0) is 35.9 Å². The van der Waals surface area contributed by atoms with E-state index in [0.29, 0.717) is 5.56 Å². The molecule has 2 N–H and O–H groups in total. The number of hydrogen-bond donors (Lipinski definition) is 2. The van der Waals surface area contributed by atoms with Crippen LogP contribution in [0.4, 0.5) is 18.9 Å². The van der Waals surface area contributed by atoms with Gasteiger partial charge in [-0.15, -0.1) is 0 Å². The zero-order chi connectivity index (χ0) is 22.2. The summed E-state index contributed by atoms with van der Waals surface area (Å²) in [4.78, 5) is 23.1. The van der Waals surface area contributed by atoms with Crippen molar-refractivity contribution in [3.8, 4) is 0 Å². The fourth-order valence-electron chi connectivity index (χ4n) is 2.07. The summed E-state index contributed by atoms with van der Waals surface area (Å²) in [6, 6.07) is 13.9. The van der Waals surface area contributed by atoms with Crippen molar-refractivity contribution in [2.75, 3.05) is 17.9 Å². The smallest absolute Gasteiger partial charge is 0.405 e. The first-order valence-electron chi connectivity index (χ1n) is 8.41. The minimum atomic E-state index is -4.57. The van der Waals surface area contributed by atoms with Crippen LogP contribution >= 0.6 is 0 Å². The predicted molar refractivity (Wildman–Crippen MR) is 104 cm³/mol.